The van der Waals surface area contributed by atoms with Crippen molar-refractivity contribution in [2.24, 2.45) is 0 Å². The van der Waals surface area contributed by atoms with Crippen LogP contribution in [0.3, 0.4) is 0 Å². The number of hydrogen-bond acceptors (Lipinski definition) is 4. The summed E-state index contributed by atoms with van der Waals surface area (Å²) in [5.41, 5.74) is -0.0221. The van der Waals surface area contributed by atoms with E-state index in [-0.39, 0.29) is 29.1 Å². The molecule has 1 aromatic carbocycles. The summed E-state index contributed by atoms with van der Waals surface area (Å²) in [6.45, 7) is 0.220. The molecule has 1 saturated carbocycles. The van der Waals surface area contributed by atoms with E-state index in [0.29, 0.717) is 0 Å². The number of benzene rings is 1. The van der Waals surface area contributed by atoms with Gasteiger partial charge >= 0.3 is 5.97 Å². The Balaban J connectivity index is 1.91. The third kappa shape index (κ3) is 2.03. The summed E-state index contributed by atoms with van der Waals surface area (Å²) in [7, 11) is 1.58. The van der Waals surface area contributed by atoms with E-state index in [2.05, 4.69) is 0 Å². The molecular weight excluding hydrogens is 274 g/mol. The molecule has 1 fully saturated rings. The van der Waals surface area contributed by atoms with E-state index < -0.39 is 17.5 Å². The first-order chi connectivity index (χ1) is 9.97. The Hall–Kier alpha value is -2.21. The molecule has 0 bridgehead atoms. The van der Waals surface area contributed by atoms with Crippen molar-refractivity contribution in [3.63, 3.8) is 0 Å². The maximum Gasteiger partial charge on any atom is 0.335 e. The number of rotatable bonds is 4. The molecule has 3 rings (SSSR count). The average Bonchev–Trinajstić information content (AvgIpc) is 2.66. The lowest BCUT2D eigenvalue weighted by Crippen LogP contribution is -2.51. The smallest absolute Gasteiger partial charge is 0.335 e. The number of methoxy groups -OCH3 is 1. The number of hydrogen-bond donors (Lipinski definition) is 1. The summed E-state index contributed by atoms with van der Waals surface area (Å²) in [4.78, 5) is 36.8. The highest BCUT2D eigenvalue weighted by Gasteiger charge is 2.45. The molecule has 1 aliphatic heterocycles. The lowest BCUT2D eigenvalue weighted by molar-refractivity contribution is -0.0819. The zero-order valence-corrected chi connectivity index (χ0v) is 11.6. The quantitative estimate of drug-likeness (QED) is 0.850. The fourth-order valence-corrected chi connectivity index (χ4v) is 2.85. The second kappa shape index (κ2) is 4.66. The Bertz CT molecular complexity index is 642. The highest BCUT2D eigenvalue weighted by Crippen LogP contribution is 2.37. The van der Waals surface area contributed by atoms with E-state index >= 15 is 0 Å². The number of ether oxygens (including phenoxy) is 1. The van der Waals surface area contributed by atoms with Crippen molar-refractivity contribution in [3.8, 4) is 0 Å². The second-order valence-corrected chi connectivity index (χ2v) is 5.50. The van der Waals surface area contributed by atoms with Gasteiger partial charge in [-0.1, -0.05) is 0 Å². The van der Waals surface area contributed by atoms with E-state index in [4.69, 9.17) is 9.84 Å². The van der Waals surface area contributed by atoms with Crippen LogP contribution >= 0.6 is 0 Å². The summed E-state index contributed by atoms with van der Waals surface area (Å²) >= 11 is 0. The van der Waals surface area contributed by atoms with Gasteiger partial charge in [0.2, 0.25) is 0 Å². The Kier molecular flexibility index (Phi) is 3.06. The molecule has 0 radical (unpaired) electrons. The number of imide groups is 1. The fraction of sp³-hybridized carbons (Fsp3) is 0.400. The maximum absolute atomic E-state index is 12.4. The van der Waals surface area contributed by atoms with Gasteiger partial charge < -0.3 is 9.84 Å². The normalized spacial score (nSPS) is 19.4. The van der Waals surface area contributed by atoms with Gasteiger partial charge in [0.15, 0.2) is 0 Å². The minimum absolute atomic E-state index is 0.00171. The zero-order chi connectivity index (χ0) is 15.2. The molecule has 0 atom stereocenters. The molecule has 2 amide bonds. The van der Waals surface area contributed by atoms with Crippen molar-refractivity contribution >= 4 is 17.8 Å². The summed E-state index contributed by atoms with van der Waals surface area (Å²) in [5, 5.41) is 8.98. The van der Waals surface area contributed by atoms with Gasteiger partial charge in [0.1, 0.15) is 0 Å². The van der Waals surface area contributed by atoms with Crippen LogP contribution in [0.1, 0.15) is 50.3 Å². The number of aromatic carboxylic acids is 1. The molecule has 1 N–H and O–H groups in total. The molecule has 110 valence electrons. The Morgan fingerprint density at radius 3 is 2.48 bits per heavy atom. The van der Waals surface area contributed by atoms with Crippen LogP contribution in [-0.2, 0) is 4.74 Å². The number of carbonyl (C=O) groups is 3. The molecule has 1 aliphatic carbocycles. The molecule has 0 spiro atoms. The largest absolute Gasteiger partial charge is 0.478 e. The summed E-state index contributed by atoms with van der Waals surface area (Å²) in [6, 6.07) is 4.00. The van der Waals surface area contributed by atoms with Gasteiger partial charge in [0, 0.05) is 7.11 Å². The van der Waals surface area contributed by atoms with E-state index in [1.807, 2.05) is 0 Å². The van der Waals surface area contributed by atoms with Crippen molar-refractivity contribution in [1.82, 2.24) is 4.90 Å². The maximum atomic E-state index is 12.4. The Labute approximate surface area is 121 Å². The summed E-state index contributed by atoms with van der Waals surface area (Å²) in [5.74, 6) is -1.94. The number of nitrogens with zero attached hydrogens (tertiary/aromatic N) is 1. The minimum Gasteiger partial charge on any atom is -0.478 e. The van der Waals surface area contributed by atoms with Crippen molar-refractivity contribution in [3.05, 3.63) is 34.9 Å². The van der Waals surface area contributed by atoms with Crippen LogP contribution in [-0.4, -0.2) is 47.0 Å². The van der Waals surface area contributed by atoms with E-state index in [9.17, 15) is 14.4 Å². The monoisotopic (exact) mass is 289 g/mol. The average molecular weight is 289 g/mol. The lowest BCUT2D eigenvalue weighted by atomic mass is 9.79. The van der Waals surface area contributed by atoms with Crippen LogP contribution < -0.4 is 0 Å². The number of carbonyl (C=O) groups excluding carboxylic acids is 2. The first-order valence-corrected chi connectivity index (χ1v) is 6.76. The molecule has 6 nitrogen and oxygen atoms in total. The van der Waals surface area contributed by atoms with Crippen LogP contribution in [0.5, 0.6) is 0 Å². The third-order valence-corrected chi connectivity index (χ3v) is 4.36. The Morgan fingerprint density at radius 1 is 1.29 bits per heavy atom. The molecule has 21 heavy (non-hydrogen) atoms. The number of carboxylic acids is 1. The lowest BCUT2D eigenvalue weighted by Gasteiger charge is -2.42. The highest BCUT2D eigenvalue weighted by atomic mass is 16.5. The van der Waals surface area contributed by atoms with Crippen LogP contribution in [0.4, 0.5) is 0 Å². The van der Waals surface area contributed by atoms with Crippen LogP contribution in [0, 0.1) is 0 Å². The number of carboxylic acid groups (broad SMARTS) is 1. The molecule has 0 saturated heterocycles. The SMILES string of the molecule is COC1(CN2C(=O)c3ccc(C(=O)O)cc3C2=O)CCC1. The molecule has 6 heteroatoms. The van der Waals surface area contributed by atoms with Gasteiger partial charge in [-0.05, 0) is 37.5 Å². The fourth-order valence-electron chi connectivity index (χ4n) is 2.85. The number of amides is 2. The highest BCUT2D eigenvalue weighted by molar-refractivity contribution is 6.22. The third-order valence-electron chi connectivity index (χ3n) is 4.36. The predicted molar refractivity (Wildman–Crippen MR) is 72.4 cm³/mol. The van der Waals surface area contributed by atoms with E-state index in [0.717, 1.165) is 19.3 Å². The van der Waals surface area contributed by atoms with Gasteiger partial charge in [-0.2, -0.15) is 0 Å². The van der Waals surface area contributed by atoms with Crippen molar-refractivity contribution in [1.29, 1.82) is 0 Å². The topological polar surface area (TPSA) is 83.9 Å². The Morgan fingerprint density at radius 2 is 1.95 bits per heavy atom. The molecule has 1 aromatic rings. The van der Waals surface area contributed by atoms with E-state index in [1.54, 1.807) is 7.11 Å². The summed E-state index contributed by atoms with van der Waals surface area (Å²) < 4.78 is 5.45. The zero-order valence-electron chi connectivity index (χ0n) is 11.6. The van der Waals surface area contributed by atoms with Gasteiger partial charge in [-0.25, -0.2) is 4.79 Å². The van der Waals surface area contributed by atoms with Gasteiger partial charge in [0.25, 0.3) is 11.8 Å². The number of fused-ring (bicyclic) bond motifs is 1. The predicted octanol–water partition coefficient (Wildman–Crippen LogP) is 1.55. The van der Waals surface area contributed by atoms with Crippen molar-refractivity contribution in [2.75, 3.05) is 13.7 Å². The molecule has 1 heterocycles. The first-order valence-electron chi connectivity index (χ1n) is 6.76. The van der Waals surface area contributed by atoms with Crippen molar-refractivity contribution < 1.29 is 24.2 Å². The standard InChI is InChI=1S/C15H15NO5/c1-21-15(5-2-6-15)8-16-12(17)10-4-3-9(14(19)20)7-11(10)13(16)18/h3-4,7H,2,5-6,8H2,1H3,(H,19,20). The minimum atomic E-state index is -1.12. The van der Waals surface area contributed by atoms with Gasteiger partial charge in [0.05, 0.1) is 28.8 Å². The second-order valence-electron chi connectivity index (χ2n) is 5.50. The van der Waals surface area contributed by atoms with Crippen LogP contribution in [0.2, 0.25) is 0 Å². The van der Waals surface area contributed by atoms with Crippen molar-refractivity contribution in [2.45, 2.75) is 24.9 Å². The molecule has 0 unspecified atom stereocenters. The van der Waals surface area contributed by atoms with Crippen LogP contribution in [0.25, 0.3) is 0 Å². The molecule has 0 aromatic heterocycles. The van der Waals surface area contributed by atoms with Gasteiger partial charge in [-0.3, -0.25) is 14.5 Å². The first kappa shape index (κ1) is 13.8. The van der Waals surface area contributed by atoms with Gasteiger partial charge in [-0.15, -0.1) is 0 Å². The summed E-state index contributed by atoms with van der Waals surface area (Å²) in [6.07, 6.45) is 2.65. The molecular formula is C15H15NO5. The van der Waals surface area contributed by atoms with E-state index in [1.165, 1.54) is 23.1 Å². The molecule has 2 aliphatic rings. The van der Waals surface area contributed by atoms with Crippen LogP contribution in [0.15, 0.2) is 18.2 Å².